The number of hydrogen-bond donors (Lipinski definition) is 1. The van der Waals surface area contributed by atoms with Gasteiger partial charge in [0.05, 0.1) is 0 Å². The number of halogens is 3. The molecular weight excluding hydrogens is 302 g/mol. The van der Waals surface area contributed by atoms with Gasteiger partial charge in [0.25, 0.3) is 0 Å². The topological polar surface area (TPSA) is 32.3 Å². The van der Waals surface area contributed by atoms with Gasteiger partial charge in [0.15, 0.2) is 0 Å². The maximum atomic E-state index is 13.0. The normalized spacial score (nSPS) is 16.0. The minimum atomic E-state index is -0.364. The van der Waals surface area contributed by atoms with Gasteiger partial charge in [-0.05, 0) is 36.7 Å². The van der Waals surface area contributed by atoms with Crippen molar-refractivity contribution in [3.8, 4) is 0 Å². The van der Waals surface area contributed by atoms with E-state index >= 15 is 0 Å². The Hall–Kier alpha value is -0.840. The van der Waals surface area contributed by atoms with Crippen molar-refractivity contribution in [3.05, 3.63) is 34.6 Å². The van der Waals surface area contributed by atoms with E-state index < -0.39 is 0 Å². The molecule has 112 valence electrons. The van der Waals surface area contributed by atoms with E-state index in [0.717, 1.165) is 18.7 Å². The van der Waals surface area contributed by atoms with Crippen LogP contribution in [0, 0.1) is 17.7 Å². The molecule has 1 aliphatic heterocycles. The lowest BCUT2D eigenvalue weighted by Crippen LogP contribution is -2.49. The largest absolute Gasteiger partial charge is 0.341 e. The Labute approximate surface area is 129 Å². The second-order valence-electron chi connectivity index (χ2n) is 5.14. The summed E-state index contributed by atoms with van der Waals surface area (Å²) >= 11 is 5.97. The maximum Gasteiger partial charge on any atom is 0.225 e. The average Bonchev–Trinajstić information content (AvgIpc) is 2.29. The van der Waals surface area contributed by atoms with E-state index in [1.165, 1.54) is 12.1 Å². The van der Waals surface area contributed by atoms with Gasteiger partial charge in [-0.25, -0.2) is 4.39 Å². The predicted molar refractivity (Wildman–Crippen MR) is 80.7 cm³/mol. The van der Waals surface area contributed by atoms with Crippen LogP contribution in [0.2, 0.25) is 5.02 Å². The SMILES string of the molecule is CC(C(=O)N(C)Cc1ccc(F)cc1Cl)C1CNC1.Cl. The van der Waals surface area contributed by atoms with Gasteiger partial charge in [-0.3, -0.25) is 4.79 Å². The summed E-state index contributed by atoms with van der Waals surface area (Å²) in [7, 11) is 1.75. The molecule has 2 rings (SSSR count). The van der Waals surface area contributed by atoms with E-state index in [1.54, 1.807) is 18.0 Å². The summed E-state index contributed by atoms with van der Waals surface area (Å²) < 4.78 is 13.0. The standard InChI is InChI=1S/C14H18ClFN2O.ClH/c1-9(11-6-17-7-11)14(19)18(2)8-10-3-4-12(16)5-13(10)15;/h3-5,9,11,17H,6-8H2,1-2H3;1H. The maximum absolute atomic E-state index is 13.0. The van der Waals surface area contributed by atoms with Crippen molar-refractivity contribution in [1.29, 1.82) is 0 Å². The van der Waals surface area contributed by atoms with Crippen LogP contribution in [0.4, 0.5) is 4.39 Å². The molecule has 1 unspecified atom stereocenters. The molecule has 0 saturated carbocycles. The number of hydrogen-bond acceptors (Lipinski definition) is 2. The Balaban J connectivity index is 0.00000200. The van der Waals surface area contributed by atoms with Gasteiger partial charge in [-0.2, -0.15) is 0 Å². The van der Waals surface area contributed by atoms with E-state index in [4.69, 9.17) is 11.6 Å². The molecule has 1 heterocycles. The first-order chi connectivity index (χ1) is 8.99. The fourth-order valence-corrected chi connectivity index (χ4v) is 2.42. The monoisotopic (exact) mass is 320 g/mol. The second kappa shape index (κ2) is 7.25. The fourth-order valence-electron chi connectivity index (χ4n) is 2.20. The number of rotatable bonds is 4. The summed E-state index contributed by atoms with van der Waals surface area (Å²) in [6.07, 6.45) is 0. The molecule has 1 aliphatic rings. The van der Waals surface area contributed by atoms with Crippen LogP contribution in [0.3, 0.4) is 0 Å². The van der Waals surface area contributed by atoms with Crippen LogP contribution in [-0.4, -0.2) is 30.9 Å². The highest BCUT2D eigenvalue weighted by molar-refractivity contribution is 6.31. The molecule has 1 aromatic rings. The molecule has 6 heteroatoms. The minimum absolute atomic E-state index is 0. The summed E-state index contributed by atoms with van der Waals surface area (Å²) in [5, 5.41) is 3.53. The molecule has 1 amide bonds. The third-order valence-electron chi connectivity index (χ3n) is 3.71. The first-order valence-corrected chi connectivity index (χ1v) is 6.76. The van der Waals surface area contributed by atoms with Crippen molar-refractivity contribution in [2.24, 2.45) is 11.8 Å². The van der Waals surface area contributed by atoms with Gasteiger partial charge in [0, 0.05) is 24.5 Å². The number of carbonyl (C=O) groups is 1. The highest BCUT2D eigenvalue weighted by Crippen LogP contribution is 2.22. The van der Waals surface area contributed by atoms with Crippen LogP contribution in [0.5, 0.6) is 0 Å². The summed E-state index contributed by atoms with van der Waals surface area (Å²) in [4.78, 5) is 13.9. The third kappa shape index (κ3) is 3.84. The Morgan fingerprint density at radius 3 is 2.70 bits per heavy atom. The third-order valence-corrected chi connectivity index (χ3v) is 4.06. The first-order valence-electron chi connectivity index (χ1n) is 6.38. The molecule has 1 fully saturated rings. The van der Waals surface area contributed by atoms with Crippen LogP contribution in [0.15, 0.2) is 18.2 Å². The summed E-state index contributed by atoms with van der Waals surface area (Å²) in [5.74, 6) is 0.160. The van der Waals surface area contributed by atoms with Gasteiger partial charge in [0.2, 0.25) is 5.91 Å². The quantitative estimate of drug-likeness (QED) is 0.925. The van der Waals surface area contributed by atoms with Crippen LogP contribution < -0.4 is 5.32 Å². The predicted octanol–water partition coefficient (Wildman–Crippen LogP) is 2.71. The van der Waals surface area contributed by atoms with E-state index in [-0.39, 0.29) is 30.0 Å². The van der Waals surface area contributed by atoms with Crippen LogP contribution >= 0.6 is 24.0 Å². The van der Waals surface area contributed by atoms with Gasteiger partial charge in [-0.15, -0.1) is 12.4 Å². The van der Waals surface area contributed by atoms with E-state index in [9.17, 15) is 9.18 Å². The number of nitrogens with one attached hydrogen (secondary N) is 1. The molecule has 1 aromatic carbocycles. The van der Waals surface area contributed by atoms with Gasteiger partial charge in [-0.1, -0.05) is 24.6 Å². The second-order valence-corrected chi connectivity index (χ2v) is 5.54. The van der Waals surface area contributed by atoms with Crippen molar-refractivity contribution in [1.82, 2.24) is 10.2 Å². The van der Waals surface area contributed by atoms with Crippen LogP contribution in [0.25, 0.3) is 0 Å². The Bertz CT molecular complexity index is 480. The van der Waals surface area contributed by atoms with E-state index in [1.807, 2.05) is 6.92 Å². The summed E-state index contributed by atoms with van der Waals surface area (Å²) in [5.41, 5.74) is 0.762. The Morgan fingerprint density at radius 1 is 1.55 bits per heavy atom. The first kappa shape index (κ1) is 17.2. The van der Waals surface area contributed by atoms with Gasteiger partial charge < -0.3 is 10.2 Å². The van der Waals surface area contributed by atoms with Gasteiger partial charge in [0.1, 0.15) is 5.82 Å². The number of benzene rings is 1. The minimum Gasteiger partial charge on any atom is -0.341 e. The Morgan fingerprint density at radius 2 is 2.20 bits per heavy atom. The molecule has 20 heavy (non-hydrogen) atoms. The fraction of sp³-hybridized carbons (Fsp3) is 0.500. The van der Waals surface area contributed by atoms with E-state index in [2.05, 4.69) is 5.32 Å². The molecule has 0 aromatic heterocycles. The summed E-state index contributed by atoms with van der Waals surface area (Å²) in [6, 6.07) is 4.25. The molecule has 0 radical (unpaired) electrons. The molecule has 1 N–H and O–H groups in total. The van der Waals surface area contributed by atoms with Crippen molar-refractivity contribution in [2.75, 3.05) is 20.1 Å². The zero-order valence-electron chi connectivity index (χ0n) is 11.5. The van der Waals surface area contributed by atoms with E-state index in [0.29, 0.717) is 17.5 Å². The number of carbonyl (C=O) groups excluding carboxylic acids is 1. The van der Waals surface area contributed by atoms with Crippen LogP contribution in [-0.2, 0) is 11.3 Å². The molecule has 1 saturated heterocycles. The molecule has 3 nitrogen and oxygen atoms in total. The van der Waals surface area contributed by atoms with Crippen molar-refractivity contribution < 1.29 is 9.18 Å². The van der Waals surface area contributed by atoms with Crippen LogP contribution in [0.1, 0.15) is 12.5 Å². The lowest BCUT2D eigenvalue weighted by Gasteiger charge is -2.34. The van der Waals surface area contributed by atoms with Crippen molar-refractivity contribution >= 4 is 29.9 Å². The summed E-state index contributed by atoms with van der Waals surface area (Å²) in [6.45, 7) is 4.16. The van der Waals surface area contributed by atoms with Gasteiger partial charge >= 0.3 is 0 Å². The highest BCUT2D eigenvalue weighted by atomic mass is 35.5. The molecule has 0 spiro atoms. The van der Waals surface area contributed by atoms with Crippen molar-refractivity contribution in [3.63, 3.8) is 0 Å². The smallest absolute Gasteiger partial charge is 0.225 e. The Kier molecular flexibility index (Phi) is 6.24. The lowest BCUT2D eigenvalue weighted by atomic mass is 9.88. The zero-order valence-corrected chi connectivity index (χ0v) is 13.1. The zero-order chi connectivity index (χ0) is 14.0. The molecular formula is C14H19Cl2FN2O. The highest BCUT2D eigenvalue weighted by Gasteiger charge is 2.30. The molecule has 0 bridgehead atoms. The number of amides is 1. The average molecular weight is 321 g/mol. The molecule has 1 atom stereocenters. The number of nitrogens with zero attached hydrogens (tertiary/aromatic N) is 1. The lowest BCUT2D eigenvalue weighted by molar-refractivity contribution is -0.136. The van der Waals surface area contributed by atoms with Crippen molar-refractivity contribution in [2.45, 2.75) is 13.5 Å². The molecule has 0 aliphatic carbocycles.